The maximum Gasteiger partial charge on any atom is 0.230 e. The zero-order valence-electron chi connectivity index (χ0n) is 9.23. The molecule has 2 amide bonds. The molecule has 0 aromatic carbocycles. The number of carbonyl (C=O) groups excluding carboxylic acids is 2. The summed E-state index contributed by atoms with van der Waals surface area (Å²) in [4.78, 5) is 24.3. The standard InChI is InChI=1S/C12H15NO2S/c1-2-4-8-9(10-5-3-6-16-10)7-11(14)13-12(8)15/h3,5-6,8-9H,2,4,7H2,1H3,(H,13,14,15). The molecule has 1 fully saturated rings. The van der Waals surface area contributed by atoms with Gasteiger partial charge in [-0.25, -0.2) is 0 Å². The van der Waals surface area contributed by atoms with Crippen molar-refractivity contribution < 1.29 is 9.59 Å². The third kappa shape index (κ3) is 2.16. The minimum Gasteiger partial charge on any atom is -0.296 e. The van der Waals surface area contributed by atoms with E-state index in [1.807, 2.05) is 17.5 Å². The van der Waals surface area contributed by atoms with E-state index in [0.717, 1.165) is 17.7 Å². The van der Waals surface area contributed by atoms with Gasteiger partial charge in [0.1, 0.15) is 0 Å². The Morgan fingerprint density at radius 3 is 2.94 bits per heavy atom. The predicted octanol–water partition coefficient (Wildman–Crippen LogP) is 2.29. The van der Waals surface area contributed by atoms with Gasteiger partial charge in [-0.2, -0.15) is 0 Å². The van der Waals surface area contributed by atoms with Crippen LogP contribution in [-0.4, -0.2) is 11.8 Å². The number of hydrogen-bond donors (Lipinski definition) is 1. The molecular formula is C12H15NO2S. The molecular weight excluding hydrogens is 222 g/mol. The topological polar surface area (TPSA) is 46.2 Å². The molecule has 2 heterocycles. The van der Waals surface area contributed by atoms with Crippen LogP contribution in [0.15, 0.2) is 17.5 Å². The first-order chi connectivity index (χ1) is 7.72. The van der Waals surface area contributed by atoms with Crippen molar-refractivity contribution >= 4 is 23.2 Å². The molecule has 4 heteroatoms. The van der Waals surface area contributed by atoms with E-state index in [-0.39, 0.29) is 23.7 Å². The normalized spacial score (nSPS) is 25.6. The molecule has 16 heavy (non-hydrogen) atoms. The molecule has 1 aliphatic rings. The number of carbonyl (C=O) groups is 2. The van der Waals surface area contributed by atoms with Gasteiger partial charge in [0, 0.05) is 23.1 Å². The van der Waals surface area contributed by atoms with E-state index in [9.17, 15) is 9.59 Å². The summed E-state index contributed by atoms with van der Waals surface area (Å²) in [6.45, 7) is 2.06. The second-order valence-corrected chi connectivity index (χ2v) is 5.11. The first kappa shape index (κ1) is 11.3. The van der Waals surface area contributed by atoms with Crippen molar-refractivity contribution in [2.45, 2.75) is 32.1 Å². The molecule has 0 spiro atoms. The summed E-state index contributed by atoms with van der Waals surface area (Å²) in [7, 11) is 0. The van der Waals surface area contributed by atoms with Crippen molar-refractivity contribution in [1.29, 1.82) is 0 Å². The average molecular weight is 237 g/mol. The van der Waals surface area contributed by atoms with E-state index in [1.165, 1.54) is 0 Å². The maximum atomic E-state index is 11.8. The lowest BCUT2D eigenvalue weighted by Crippen LogP contribution is -2.44. The number of thiophene rings is 1. The van der Waals surface area contributed by atoms with Crippen LogP contribution >= 0.6 is 11.3 Å². The minimum atomic E-state index is -0.143. The largest absolute Gasteiger partial charge is 0.296 e. The molecule has 1 aromatic rings. The van der Waals surface area contributed by atoms with Gasteiger partial charge >= 0.3 is 0 Å². The van der Waals surface area contributed by atoms with Gasteiger partial charge in [0.2, 0.25) is 11.8 Å². The van der Waals surface area contributed by atoms with E-state index in [4.69, 9.17) is 0 Å². The fourth-order valence-corrected chi connectivity index (χ4v) is 3.14. The van der Waals surface area contributed by atoms with Gasteiger partial charge in [-0.05, 0) is 17.9 Å². The third-order valence-corrected chi connectivity index (χ3v) is 4.00. The van der Waals surface area contributed by atoms with Crippen molar-refractivity contribution in [3.63, 3.8) is 0 Å². The zero-order valence-corrected chi connectivity index (χ0v) is 10.0. The molecule has 1 saturated heterocycles. The van der Waals surface area contributed by atoms with Gasteiger partial charge < -0.3 is 0 Å². The van der Waals surface area contributed by atoms with Crippen LogP contribution in [0.5, 0.6) is 0 Å². The lowest BCUT2D eigenvalue weighted by atomic mass is 9.81. The van der Waals surface area contributed by atoms with Gasteiger partial charge in [-0.15, -0.1) is 11.3 Å². The summed E-state index contributed by atoms with van der Waals surface area (Å²) in [5.74, 6) is -0.199. The molecule has 3 nitrogen and oxygen atoms in total. The van der Waals surface area contributed by atoms with Crippen molar-refractivity contribution in [2.75, 3.05) is 0 Å². The van der Waals surface area contributed by atoms with Crippen LogP contribution in [0.4, 0.5) is 0 Å². The highest BCUT2D eigenvalue weighted by Gasteiger charge is 2.36. The summed E-state index contributed by atoms with van der Waals surface area (Å²) in [6, 6.07) is 3.99. The summed E-state index contributed by atoms with van der Waals surface area (Å²) in [6.07, 6.45) is 2.26. The number of nitrogens with one attached hydrogen (secondary N) is 1. The van der Waals surface area contributed by atoms with Crippen LogP contribution < -0.4 is 5.32 Å². The highest BCUT2D eigenvalue weighted by Crippen LogP contribution is 2.36. The monoisotopic (exact) mass is 237 g/mol. The van der Waals surface area contributed by atoms with Crippen LogP contribution in [0.1, 0.15) is 37.0 Å². The Morgan fingerprint density at radius 2 is 2.31 bits per heavy atom. The number of piperidine rings is 1. The number of hydrogen-bond acceptors (Lipinski definition) is 3. The van der Waals surface area contributed by atoms with E-state index in [2.05, 4.69) is 12.2 Å². The van der Waals surface area contributed by atoms with Gasteiger partial charge in [0.05, 0.1) is 0 Å². The van der Waals surface area contributed by atoms with E-state index in [1.54, 1.807) is 11.3 Å². The van der Waals surface area contributed by atoms with Crippen molar-refractivity contribution in [1.82, 2.24) is 5.32 Å². The third-order valence-electron chi connectivity index (χ3n) is 3.00. The van der Waals surface area contributed by atoms with Crippen LogP contribution in [0.2, 0.25) is 0 Å². The molecule has 2 unspecified atom stereocenters. The minimum absolute atomic E-state index is 0.0404. The van der Waals surface area contributed by atoms with Crippen molar-refractivity contribution in [2.24, 2.45) is 5.92 Å². The molecule has 1 N–H and O–H groups in total. The number of rotatable bonds is 3. The quantitative estimate of drug-likeness (QED) is 0.820. The summed E-state index contributed by atoms with van der Waals surface area (Å²) >= 11 is 1.63. The fraction of sp³-hybridized carbons (Fsp3) is 0.500. The molecule has 2 rings (SSSR count). The van der Waals surface area contributed by atoms with Gasteiger partial charge in [0.15, 0.2) is 0 Å². The Hall–Kier alpha value is -1.16. The molecule has 0 saturated carbocycles. The zero-order chi connectivity index (χ0) is 11.5. The molecule has 86 valence electrons. The Bertz CT molecular complexity index is 386. The van der Waals surface area contributed by atoms with Gasteiger partial charge in [-0.1, -0.05) is 19.4 Å². The van der Waals surface area contributed by atoms with Crippen molar-refractivity contribution in [3.8, 4) is 0 Å². The summed E-state index contributed by atoms with van der Waals surface area (Å²) < 4.78 is 0. The smallest absolute Gasteiger partial charge is 0.230 e. The highest BCUT2D eigenvalue weighted by molar-refractivity contribution is 7.10. The van der Waals surface area contributed by atoms with Crippen LogP contribution in [0.3, 0.4) is 0 Å². The van der Waals surface area contributed by atoms with Crippen LogP contribution in [-0.2, 0) is 9.59 Å². The highest BCUT2D eigenvalue weighted by atomic mass is 32.1. The lowest BCUT2D eigenvalue weighted by molar-refractivity contribution is -0.137. The Balaban J connectivity index is 2.24. The Labute approximate surface area is 98.9 Å². The fourth-order valence-electron chi connectivity index (χ4n) is 2.25. The SMILES string of the molecule is CCCC1C(=O)NC(=O)CC1c1cccs1. The molecule has 1 aliphatic heterocycles. The number of imide groups is 1. The Morgan fingerprint density at radius 1 is 1.50 bits per heavy atom. The first-order valence-corrected chi connectivity index (χ1v) is 6.47. The van der Waals surface area contributed by atoms with E-state index in [0.29, 0.717) is 6.42 Å². The molecule has 0 bridgehead atoms. The van der Waals surface area contributed by atoms with Gasteiger partial charge in [-0.3, -0.25) is 14.9 Å². The first-order valence-electron chi connectivity index (χ1n) is 5.59. The molecule has 0 aliphatic carbocycles. The molecule has 1 aromatic heterocycles. The summed E-state index contributed by atoms with van der Waals surface area (Å²) in [5.41, 5.74) is 0. The second-order valence-electron chi connectivity index (χ2n) is 4.13. The Kier molecular flexibility index (Phi) is 3.39. The number of amides is 2. The molecule has 2 atom stereocenters. The predicted molar refractivity (Wildman–Crippen MR) is 63.2 cm³/mol. The van der Waals surface area contributed by atoms with Crippen LogP contribution in [0.25, 0.3) is 0 Å². The van der Waals surface area contributed by atoms with E-state index < -0.39 is 0 Å². The summed E-state index contributed by atoms with van der Waals surface area (Å²) in [5, 5.41) is 4.43. The van der Waals surface area contributed by atoms with Crippen LogP contribution in [0, 0.1) is 5.92 Å². The van der Waals surface area contributed by atoms with Gasteiger partial charge in [0.25, 0.3) is 0 Å². The average Bonchev–Trinajstić information content (AvgIpc) is 2.75. The lowest BCUT2D eigenvalue weighted by Gasteiger charge is -2.29. The molecule has 0 radical (unpaired) electrons. The second kappa shape index (κ2) is 4.78. The van der Waals surface area contributed by atoms with E-state index >= 15 is 0 Å². The van der Waals surface area contributed by atoms with Crippen molar-refractivity contribution in [3.05, 3.63) is 22.4 Å². The maximum absolute atomic E-state index is 11.8.